The fourth-order valence-electron chi connectivity index (χ4n) is 5.53. The zero-order valence-corrected chi connectivity index (χ0v) is 16.8. The van der Waals surface area contributed by atoms with Crippen LogP contribution in [0.15, 0.2) is 42.5 Å². The van der Waals surface area contributed by atoms with Crippen LogP contribution >= 0.6 is 0 Å². The predicted molar refractivity (Wildman–Crippen MR) is 114 cm³/mol. The number of aliphatic hydroxyl groups excluding tert-OH is 1. The number of hydrogen-bond donors (Lipinski definition) is 1. The molecule has 1 N–H and O–H groups in total. The summed E-state index contributed by atoms with van der Waals surface area (Å²) in [5.74, 6) is 0.534. The molecule has 0 spiro atoms. The highest BCUT2D eigenvalue weighted by Crippen LogP contribution is 2.37. The molecule has 3 aliphatic rings. The zero-order valence-electron chi connectivity index (χ0n) is 16.8. The molecule has 0 saturated carbocycles. The van der Waals surface area contributed by atoms with Crippen molar-refractivity contribution in [1.82, 2.24) is 9.80 Å². The summed E-state index contributed by atoms with van der Waals surface area (Å²) in [6, 6.07) is 16.7. The monoisotopic (exact) mass is 376 g/mol. The quantitative estimate of drug-likeness (QED) is 0.747. The molecule has 2 saturated heterocycles. The first-order valence-electron chi connectivity index (χ1n) is 11.1. The van der Waals surface area contributed by atoms with Crippen LogP contribution in [0.2, 0.25) is 0 Å². The maximum Gasteiger partial charge on any atom is 0.0460 e. The van der Waals surface area contributed by atoms with Crippen LogP contribution in [0.25, 0.3) is 11.1 Å². The maximum atomic E-state index is 9.39. The third-order valence-corrected chi connectivity index (χ3v) is 7.17. The first kappa shape index (κ1) is 18.4. The number of aliphatic hydroxyl groups is 1. The molecule has 0 bridgehead atoms. The molecular formula is C25H32N2O. The average molecular weight is 377 g/mol. The summed E-state index contributed by atoms with van der Waals surface area (Å²) in [5, 5.41) is 9.39. The molecule has 2 aromatic rings. The Labute approximate surface area is 169 Å². The number of fused-ring (bicyclic) bond motifs is 3. The molecule has 0 radical (unpaired) electrons. The third-order valence-electron chi connectivity index (χ3n) is 7.17. The standard InChI is InChI=1S/C25H32N2O/c28-18-19-9-12-27(13-10-19)23-5-3-11-26(17-23)16-20-7-8-25-22(14-20)15-21-4-1-2-6-24(21)25/h1-2,4,6-8,14,19,23,28H,3,5,9-13,15-18H2/t23-/m1/s1. The lowest BCUT2D eigenvalue weighted by atomic mass is 9.94. The lowest BCUT2D eigenvalue weighted by Crippen LogP contribution is -2.50. The van der Waals surface area contributed by atoms with Gasteiger partial charge in [-0.15, -0.1) is 0 Å². The Morgan fingerprint density at radius 2 is 1.71 bits per heavy atom. The van der Waals surface area contributed by atoms with E-state index >= 15 is 0 Å². The van der Waals surface area contributed by atoms with Gasteiger partial charge in [-0.3, -0.25) is 9.80 Å². The summed E-state index contributed by atoms with van der Waals surface area (Å²) >= 11 is 0. The minimum atomic E-state index is 0.368. The van der Waals surface area contributed by atoms with Gasteiger partial charge >= 0.3 is 0 Å². The van der Waals surface area contributed by atoms with E-state index in [1.54, 1.807) is 0 Å². The van der Waals surface area contributed by atoms with Gasteiger partial charge in [-0.2, -0.15) is 0 Å². The molecule has 1 aliphatic carbocycles. The molecule has 2 aromatic carbocycles. The SMILES string of the molecule is OCC1CCN([C@@H]2CCCN(Cc3ccc4c(c3)Cc3ccccc3-4)C2)CC1. The minimum absolute atomic E-state index is 0.368. The number of rotatable bonds is 4. The lowest BCUT2D eigenvalue weighted by Gasteiger charge is -2.42. The van der Waals surface area contributed by atoms with Crippen LogP contribution in [0, 0.1) is 5.92 Å². The average Bonchev–Trinajstić information content (AvgIpc) is 3.12. The molecule has 5 rings (SSSR count). The van der Waals surface area contributed by atoms with Gasteiger partial charge in [0.1, 0.15) is 0 Å². The molecule has 0 aromatic heterocycles. The summed E-state index contributed by atoms with van der Waals surface area (Å²) in [4.78, 5) is 5.35. The number of benzene rings is 2. The van der Waals surface area contributed by atoms with Crippen molar-refractivity contribution in [2.45, 2.75) is 44.7 Å². The second kappa shape index (κ2) is 7.98. The van der Waals surface area contributed by atoms with Gasteiger partial charge in [-0.05, 0) is 85.5 Å². The van der Waals surface area contributed by atoms with Gasteiger partial charge in [-0.25, -0.2) is 0 Å². The van der Waals surface area contributed by atoms with E-state index in [0.29, 0.717) is 18.6 Å². The van der Waals surface area contributed by atoms with Gasteiger partial charge in [-0.1, -0.05) is 42.5 Å². The van der Waals surface area contributed by atoms with Crippen molar-refractivity contribution in [3.63, 3.8) is 0 Å². The van der Waals surface area contributed by atoms with Gasteiger partial charge in [0.2, 0.25) is 0 Å². The molecule has 0 amide bonds. The Morgan fingerprint density at radius 3 is 2.57 bits per heavy atom. The number of piperidine rings is 2. The molecular weight excluding hydrogens is 344 g/mol. The Morgan fingerprint density at radius 1 is 0.893 bits per heavy atom. The van der Waals surface area contributed by atoms with E-state index in [1.165, 1.54) is 79.7 Å². The van der Waals surface area contributed by atoms with Crippen LogP contribution in [-0.4, -0.2) is 53.7 Å². The van der Waals surface area contributed by atoms with E-state index < -0.39 is 0 Å². The minimum Gasteiger partial charge on any atom is -0.396 e. The first-order chi connectivity index (χ1) is 13.8. The summed E-state index contributed by atoms with van der Waals surface area (Å²) in [6.07, 6.45) is 6.05. The maximum absolute atomic E-state index is 9.39. The zero-order chi connectivity index (χ0) is 18.9. The smallest absolute Gasteiger partial charge is 0.0460 e. The lowest BCUT2D eigenvalue weighted by molar-refractivity contribution is 0.0544. The van der Waals surface area contributed by atoms with Crippen molar-refractivity contribution in [1.29, 1.82) is 0 Å². The third kappa shape index (κ3) is 3.63. The van der Waals surface area contributed by atoms with Crippen molar-refractivity contribution in [2.24, 2.45) is 5.92 Å². The van der Waals surface area contributed by atoms with Crippen molar-refractivity contribution >= 4 is 0 Å². The van der Waals surface area contributed by atoms with E-state index in [9.17, 15) is 5.11 Å². The Kier molecular flexibility index (Phi) is 5.23. The molecule has 3 heteroatoms. The Hall–Kier alpha value is -1.68. The predicted octanol–water partition coefficient (Wildman–Crippen LogP) is 3.93. The number of nitrogens with zero attached hydrogens (tertiary/aromatic N) is 2. The first-order valence-corrected chi connectivity index (χ1v) is 11.1. The van der Waals surface area contributed by atoms with Crippen molar-refractivity contribution in [3.05, 3.63) is 59.2 Å². The van der Waals surface area contributed by atoms with E-state index in [1.807, 2.05) is 0 Å². The summed E-state index contributed by atoms with van der Waals surface area (Å²) in [7, 11) is 0. The summed E-state index contributed by atoms with van der Waals surface area (Å²) in [5.41, 5.74) is 7.29. The van der Waals surface area contributed by atoms with Gasteiger partial charge in [0.25, 0.3) is 0 Å². The van der Waals surface area contributed by atoms with Crippen LogP contribution in [0.3, 0.4) is 0 Å². The molecule has 2 heterocycles. The molecule has 3 nitrogen and oxygen atoms in total. The highest BCUT2D eigenvalue weighted by atomic mass is 16.3. The van der Waals surface area contributed by atoms with E-state index in [4.69, 9.17) is 0 Å². The van der Waals surface area contributed by atoms with E-state index in [2.05, 4.69) is 52.3 Å². The van der Waals surface area contributed by atoms with E-state index in [-0.39, 0.29) is 0 Å². The van der Waals surface area contributed by atoms with Gasteiger partial charge < -0.3 is 5.11 Å². The van der Waals surface area contributed by atoms with E-state index in [0.717, 1.165) is 13.0 Å². The molecule has 28 heavy (non-hydrogen) atoms. The number of likely N-dealkylation sites (tertiary alicyclic amines) is 2. The second-order valence-corrected chi connectivity index (χ2v) is 9.02. The molecule has 2 fully saturated rings. The Bertz CT molecular complexity index is 825. The highest BCUT2D eigenvalue weighted by Gasteiger charge is 2.28. The fourth-order valence-corrected chi connectivity index (χ4v) is 5.53. The van der Waals surface area contributed by atoms with Gasteiger partial charge in [0.05, 0.1) is 0 Å². The molecule has 0 unspecified atom stereocenters. The molecule has 1 atom stereocenters. The Balaban J connectivity index is 1.23. The number of hydrogen-bond acceptors (Lipinski definition) is 3. The van der Waals surface area contributed by atoms with Gasteiger partial charge in [0.15, 0.2) is 0 Å². The van der Waals surface area contributed by atoms with Crippen molar-refractivity contribution in [2.75, 3.05) is 32.8 Å². The largest absolute Gasteiger partial charge is 0.396 e. The topological polar surface area (TPSA) is 26.7 Å². The normalized spacial score (nSPS) is 23.5. The van der Waals surface area contributed by atoms with Crippen LogP contribution in [0.5, 0.6) is 0 Å². The molecule has 2 aliphatic heterocycles. The summed E-state index contributed by atoms with van der Waals surface area (Å²) < 4.78 is 0. The fraction of sp³-hybridized carbons (Fsp3) is 0.520. The van der Waals surface area contributed by atoms with Crippen molar-refractivity contribution < 1.29 is 5.11 Å². The molecule has 148 valence electrons. The second-order valence-electron chi connectivity index (χ2n) is 9.02. The summed E-state index contributed by atoms with van der Waals surface area (Å²) in [6.45, 7) is 6.20. The van der Waals surface area contributed by atoms with Crippen LogP contribution < -0.4 is 0 Å². The van der Waals surface area contributed by atoms with Crippen LogP contribution in [0.1, 0.15) is 42.4 Å². The highest BCUT2D eigenvalue weighted by molar-refractivity contribution is 5.76. The van der Waals surface area contributed by atoms with Crippen molar-refractivity contribution in [3.8, 4) is 11.1 Å². The van der Waals surface area contributed by atoms with Crippen LogP contribution in [-0.2, 0) is 13.0 Å². The van der Waals surface area contributed by atoms with Crippen LogP contribution in [0.4, 0.5) is 0 Å². The van der Waals surface area contributed by atoms with Gasteiger partial charge in [0, 0.05) is 25.7 Å².